The molecule has 3 rings (SSSR count). The number of hydrogen-bond acceptors (Lipinski definition) is 6. The van der Waals surface area contributed by atoms with Crippen LogP contribution in [0.5, 0.6) is 5.75 Å². The van der Waals surface area contributed by atoms with Gasteiger partial charge in [0.1, 0.15) is 16.9 Å². The first-order valence-electron chi connectivity index (χ1n) is 10.8. The third-order valence-corrected chi connectivity index (χ3v) is 6.84. The number of unbranched alkanes of at least 4 members (excludes halogenated alkanes) is 1. The molecule has 9 nitrogen and oxygen atoms in total. The second-order valence-electron chi connectivity index (χ2n) is 7.84. The fraction of sp³-hybridized carbons (Fsp3) is 0.348. The van der Waals surface area contributed by atoms with Crippen molar-refractivity contribution in [3.63, 3.8) is 0 Å². The SMILES string of the molecule is CCOP(=O)(O)CCCCNC(=O)c1c(O)c2ncc(Cc3ccc(F)cc3)cc2n(C)c1=O. The van der Waals surface area contributed by atoms with Gasteiger partial charge in [-0.05, 0) is 55.5 Å². The lowest BCUT2D eigenvalue weighted by Crippen LogP contribution is -2.33. The fourth-order valence-electron chi connectivity index (χ4n) is 3.56. The zero-order valence-corrected chi connectivity index (χ0v) is 19.8. The summed E-state index contributed by atoms with van der Waals surface area (Å²) >= 11 is 0. The molecule has 2 heterocycles. The van der Waals surface area contributed by atoms with Crippen LogP contribution in [0.2, 0.25) is 0 Å². The number of aromatic nitrogens is 2. The smallest absolute Gasteiger partial charge is 0.328 e. The second kappa shape index (κ2) is 10.9. The Labute approximate surface area is 195 Å². The minimum absolute atomic E-state index is 0.0378. The molecule has 182 valence electrons. The van der Waals surface area contributed by atoms with E-state index in [4.69, 9.17) is 4.52 Å². The summed E-state index contributed by atoms with van der Waals surface area (Å²) in [5, 5.41) is 13.2. The van der Waals surface area contributed by atoms with Crippen molar-refractivity contribution in [1.82, 2.24) is 14.9 Å². The van der Waals surface area contributed by atoms with Crippen LogP contribution in [0.25, 0.3) is 11.0 Å². The molecule has 11 heteroatoms. The number of halogens is 1. The summed E-state index contributed by atoms with van der Waals surface area (Å²) in [5.74, 6) is -1.60. The lowest BCUT2D eigenvalue weighted by molar-refractivity contribution is 0.0948. The molecule has 3 N–H and O–H groups in total. The van der Waals surface area contributed by atoms with Crippen molar-refractivity contribution < 1.29 is 28.3 Å². The summed E-state index contributed by atoms with van der Waals surface area (Å²) in [6.45, 7) is 1.91. The largest absolute Gasteiger partial charge is 0.505 e. The Morgan fingerprint density at radius 1 is 1.24 bits per heavy atom. The highest BCUT2D eigenvalue weighted by atomic mass is 31.2. The molecule has 0 saturated carbocycles. The third-order valence-electron chi connectivity index (χ3n) is 5.30. The van der Waals surface area contributed by atoms with E-state index in [0.29, 0.717) is 24.8 Å². The number of benzene rings is 1. The number of nitrogens with zero attached hydrogens (tertiary/aromatic N) is 2. The number of nitrogens with one attached hydrogen (secondary N) is 1. The van der Waals surface area contributed by atoms with Gasteiger partial charge in [-0.3, -0.25) is 19.1 Å². The standard InChI is InChI=1S/C23H27FN3O6P/c1-3-33-34(31,32)11-5-4-10-25-22(29)19-21(28)20-18(27(2)23(19)30)13-16(14-26-20)12-15-6-8-17(24)9-7-15/h6-9,13-14,28H,3-5,10-12H2,1-2H3,(H,25,29)(H,31,32). The number of aryl methyl sites for hydroxylation is 1. The lowest BCUT2D eigenvalue weighted by Gasteiger charge is -2.13. The van der Waals surface area contributed by atoms with Crippen molar-refractivity contribution in [1.29, 1.82) is 0 Å². The van der Waals surface area contributed by atoms with Crippen LogP contribution in [0, 0.1) is 5.82 Å². The van der Waals surface area contributed by atoms with E-state index < -0.39 is 30.4 Å². The first kappa shape index (κ1) is 25.6. The first-order chi connectivity index (χ1) is 16.1. The summed E-state index contributed by atoms with van der Waals surface area (Å²) in [5.41, 5.74) is 0.960. The number of pyridine rings is 2. The Bertz CT molecular complexity index is 1290. The van der Waals surface area contributed by atoms with Gasteiger partial charge >= 0.3 is 7.60 Å². The minimum Gasteiger partial charge on any atom is -0.505 e. The summed E-state index contributed by atoms with van der Waals surface area (Å²) in [7, 11) is -2.14. The summed E-state index contributed by atoms with van der Waals surface area (Å²) < 4.78 is 30.8. The highest BCUT2D eigenvalue weighted by Crippen LogP contribution is 2.42. The highest BCUT2D eigenvalue weighted by Gasteiger charge is 2.22. The van der Waals surface area contributed by atoms with E-state index in [1.165, 1.54) is 29.9 Å². The summed E-state index contributed by atoms with van der Waals surface area (Å²) in [4.78, 5) is 39.3. The molecule has 1 aromatic carbocycles. The number of amides is 1. The average molecular weight is 491 g/mol. The Morgan fingerprint density at radius 2 is 1.94 bits per heavy atom. The van der Waals surface area contributed by atoms with Crippen LogP contribution in [0.15, 0.2) is 41.3 Å². The van der Waals surface area contributed by atoms with E-state index in [0.717, 1.165) is 11.1 Å². The molecule has 0 aliphatic rings. The predicted octanol–water partition coefficient (Wildman–Crippen LogP) is 3.10. The van der Waals surface area contributed by atoms with Gasteiger partial charge < -0.3 is 24.4 Å². The minimum atomic E-state index is -3.62. The maximum atomic E-state index is 13.1. The molecular weight excluding hydrogens is 464 g/mol. The van der Waals surface area contributed by atoms with Gasteiger partial charge in [-0.1, -0.05) is 12.1 Å². The zero-order valence-electron chi connectivity index (χ0n) is 19.0. The lowest BCUT2D eigenvalue weighted by atomic mass is 10.1. The van der Waals surface area contributed by atoms with Crippen molar-refractivity contribution in [3.05, 3.63) is 69.4 Å². The van der Waals surface area contributed by atoms with Gasteiger partial charge in [0.25, 0.3) is 11.5 Å². The van der Waals surface area contributed by atoms with Crippen molar-refractivity contribution >= 4 is 24.5 Å². The van der Waals surface area contributed by atoms with Crippen molar-refractivity contribution in [2.75, 3.05) is 19.3 Å². The van der Waals surface area contributed by atoms with Crippen LogP contribution < -0.4 is 10.9 Å². The Hall–Kier alpha value is -3.07. The maximum absolute atomic E-state index is 13.1. The number of carbonyl (C=O) groups is 1. The topological polar surface area (TPSA) is 131 Å². The molecule has 0 aliphatic heterocycles. The van der Waals surface area contributed by atoms with E-state index in [1.54, 1.807) is 25.1 Å². The molecule has 0 radical (unpaired) electrons. The van der Waals surface area contributed by atoms with Crippen molar-refractivity contribution in [2.24, 2.45) is 7.05 Å². The summed E-state index contributed by atoms with van der Waals surface area (Å²) in [6.07, 6.45) is 2.68. The fourth-order valence-corrected chi connectivity index (χ4v) is 4.72. The molecular formula is C23H27FN3O6P. The molecule has 1 unspecified atom stereocenters. The molecule has 1 atom stereocenters. The summed E-state index contributed by atoms with van der Waals surface area (Å²) in [6, 6.07) is 7.72. The highest BCUT2D eigenvalue weighted by molar-refractivity contribution is 7.52. The number of fused-ring (bicyclic) bond motifs is 1. The van der Waals surface area contributed by atoms with Crippen LogP contribution in [0.3, 0.4) is 0 Å². The normalized spacial score (nSPS) is 13.1. The maximum Gasteiger partial charge on any atom is 0.328 e. The van der Waals surface area contributed by atoms with Crippen LogP contribution >= 0.6 is 7.60 Å². The van der Waals surface area contributed by atoms with Gasteiger partial charge in [0.05, 0.1) is 18.3 Å². The van der Waals surface area contributed by atoms with Gasteiger partial charge in [-0.2, -0.15) is 0 Å². The number of aromatic hydroxyl groups is 1. The quantitative estimate of drug-likeness (QED) is 0.293. The monoisotopic (exact) mass is 491 g/mol. The molecule has 0 saturated heterocycles. The van der Waals surface area contributed by atoms with E-state index in [9.17, 15) is 28.5 Å². The van der Waals surface area contributed by atoms with Crippen molar-refractivity contribution in [2.45, 2.75) is 26.2 Å². The van der Waals surface area contributed by atoms with Crippen LogP contribution in [0.4, 0.5) is 4.39 Å². The molecule has 0 spiro atoms. The van der Waals surface area contributed by atoms with E-state index in [-0.39, 0.29) is 30.6 Å². The van der Waals surface area contributed by atoms with Gasteiger partial charge in [0.2, 0.25) is 0 Å². The van der Waals surface area contributed by atoms with Gasteiger partial charge in [0.15, 0.2) is 5.75 Å². The molecule has 2 aromatic heterocycles. The first-order valence-corrected chi connectivity index (χ1v) is 12.6. The van der Waals surface area contributed by atoms with E-state index in [2.05, 4.69) is 10.3 Å². The van der Waals surface area contributed by atoms with Gasteiger partial charge in [-0.15, -0.1) is 0 Å². The van der Waals surface area contributed by atoms with Gasteiger partial charge in [-0.25, -0.2) is 4.39 Å². The van der Waals surface area contributed by atoms with Crippen LogP contribution in [0.1, 0.15) is 41.3 Å². The molecule has 0 aliphatic carbocycles. The Balaban J connectivity index is 1.74. The number of carbonyl (C=O) groups excluding carboxylic acids is 1. The Kier molecular flexibility index (Phi) is 8.19. The van der Waals surface area contributed by atoms with E-state index in [1.807, 2.05) is 0 Å². The molecule has 34 heavy (non-hydrogen) atoms. The molecule has 1 amide bonds. The molecule has 0 bridgehead atoms. The van der Waals surface area contributed by atoms with Crippen LogP contribution in [-0.2, 0) is 22.6 Å². The predicted molar refractivity (Wildman–Crippen MR) is 126 cm³/mol. The number of hydrogen-bond donors (Lipinski definition) is 3. The van der Waals surface area contributed by atoms with E-state index >= 15 is 0 Å². The zero-order chi connectivity index (χ0) is 24.9. The third kappa shape index (κ3) is 6.08. The van der Waals surface area contributed by atoms with Gasteiger partial charge in [0, 0.05) is 19.8 Å². The number of rotatable bonds is 10. The average Bonchev–Trinajstić information content (AvgIpc) is 2.79. The Morgan fingerprint density at radius 3 is 2.62 bits per heavy atom. The molecule has 0 fully saturated rings. The molecule has 3 aromatic rings. The van der Waals surface area contributed by atoms with Crippen molar-refractivity contribution in [3.8, 4) is 5.75 Å². The van der Waals surface area contributed by atoms with Crippen LogP contribution in [-0.4, -0.2) is 44.8 Å². The second-order valence-corrected chi connectivity index (χ2v) is 9.82.